The van der Waals surface area contributed by atoms with Crippen LogP contribution in [0.3, 0.4) is 0 Å². The highest BCUT2D eigenvalue weighted by Gasteiger charge is 2.44. The first kappa shape index (κ1) is 29.5. The molecule has 0 aromatic heterocycles. The molecule has 1 rings (SSSR count). The summed E-state index contributed by atoms with van der Waals surface area (Å²) in [5, 5.41) is 48.8. The van der Waals surface area contributed by atoms with E-state index >= 15 is 0 Å². The maximum Gasteiger partial charge on any atom is 0.186 e. The number of aliphatic hydroxyl groups excluding tert-OH is 5. The minimum atomic E-state index is -1.50. The Morgan fingerprint density at radius 2 is 1.44 bits per heavy atom. The van der Waals surface area contributed by atoms with E-state index in [1.807, 2.05) is 6.08 Å². The van der Waals surface area contributed by atoms with E-state index in [0.29, 0.717) is 0 Å². The van der Waals surface area contributed by atoms with Gasteiger partial charge in [-0.2, -0.15) is 0 Å². The van der Waals surface area contributed by atoms with Gasteiger partial charge < -0.3 is 40.7 Å². The second-order valence-electron chi connectivity index (χ2n) is 8.94. The number of aliphatic hydroxyl groups is 5. The third-order valence-corrected chi connectivity index (χ3v) is 6.05. The lowest BCUT2D eigenvalue weighted by Crippen LogP contribution is -2.59. The summed E-state index contributed by atoms with van der Waals surface area (Å²) < 4.78 is 10.6. The molecule has 1 saturated heterocycles. The third-order valence-electron chi connectivity index (χ3n) is 6.05. The molecule has 7 N–H and O–H groups in total. The maximum absolute atomic E-state index is 10.2. The Bertz CT molecular complexity index is 477. The molecule has 0 radical (unpaired) electrons. The van der Waals surface area contributed by atoms with Gasteiger partial charge in [0.1, 0.15) is 24.4 Å². The molecular formula is C24H47NO7. The fourth-order valence-corrected chi connectivity index (χ4v) is 3.81. The van der Waals surface area contributed by atoms with Gasteiger partial charge >= 0.3 is 0 Å². The molecule has 1 fully saturated rings. The van der Waals surface area contributed by atoms with Crippen LogP contribution in [0, 0.1) is 0 Å². The van der Waals surface area contributed by atoms with Crippen molar-refractivity contribution in [2.75, 3.05) is 13.2 Å². The van der Waals surface area contributed by atoms with Gasteiger partial charge in [0.2, 0.25) is 0 Å². The van der Waals surface area contributed by atoms with E-state index in [1.165, 1.54) is 64.2 Å². The van der Waals surface area contributed by atoms with Crippen molar-refractivity contribution >= 4 is 0 Å². The lowest BCUT2D eigenvalue weighted by molar-refractivity contribution is -0.302. The van der Waals surface area contributed by atoms with Crippen LogP contribution in [-0.4, -0.2) is 81.6 Å². The molecule has 0 aromatic carbocycles. The Hall–Kier alpha value is -0.580. The summed E-state index contributed by atoms with van der Waals surface area (Å²) in [6.45, 7) is 1.60. The number of unbranched alkanes of at least 4 members (excludes halogenated alkanes) is 11. The molecule has 8 nitrogen and oxygen atoms in total. The van der Waals surface area contributed by atoms with Crippen LogP contribution in [0.15, 0.2) is 12.2 Å². The van der Waals surface area contributed by atoms with Crippen molar-refractivity contribution < 1.29 is 35.0 Å². The zero-order valence-corrected chi connectivity index (χ0v) is 19.7. The molecule has 1 aliphatic heterocycles. The van der Waals surface area contributed by atoms with Crippen LogP contribution in [0.5, 0.6) is 0 Å². The number of rotatable bonds is 18. The van der Waals surface area contributed by atoms with Gasteiger partial charge in [0.05, 0.1) is 25.4 Å². The Morgan fingerprint density at radius 3 is 2.00 bits per heavy atom. The monoisotopic (exact) mass is 461 g/mol. The van der Waals surface area contributed by atoms with Gasteiger partial charge in [-0.15, -0.1) is 0 Å². The smallest absolute Gasteiger partial charge is 0.186 e. The van der Waals surface area contributed by atoms with Crippen molar-refractivity contribution in [1.29, 1.82) is 0 Å². The predicted octanol–water partition coefficient (Wildman–Crippen LogP) is 1.75. The largest absolute Gasteiger partial charge is 0.394 e. The molecule has 0 bridgehead atoms. The SMILES string of the molecule is CCCCCCCCCCCCC/C=C/C(O)C(N)COC1O[C@H](CO)[C@@H](O)[C@H](O)[C@H]1O. The second-order valence-corrected chi connectivity index (χ2v) is 8.94. The van der Waals surface area contributed by atoms with Crippen LogP contribution in [0.2, 0.25) is 0 Å². The van der Waals surface area contributed by atoms with Crippen molar-refractivity contribution in [2.45, 2.75) is 127 Å². The number of nitrogens with two attached hydrogens (primary N) is 1. The lowest BCUT2D eigenvalue weighted by atomic mass is 9.99. The fraction of sp³-hybridized carbons (Fsp3) is 0.917. The summed E-state index contributed by atoms with van der Waals surface area (Å²) in [6.07, 6.45) is 11.1. The first-order chi connectivity index (χ1) is 15.4. The van der Waals surface area contributed by atoms with Crippen LogP contribution < -0.4 is 5.73 Å². The van der Waals surface area contributed by atoms with E-state index < -0.39 is 49.5 Å². The van der Waals surface area contributed by atoms with E-state index in [9.17, 15) is 25.5 Å². The molecule has 7 atom stereocenters. The highest BCUT2D eigenvalue weighted by atomic mass is 16.7. The predicted molar refractivity (Wildman–Crippen MR) is 124 cm³/mol. The van der Waals surface area contributed by atoms with Gasteiger partial charge in [-0.1, -0.05) is 83.3 Å². The van der Waals surface area contributed by atoms with Crippen LogP contribution in [0.4, 0.5) is 0 Å². The average molecular weight is 462 g/mol. The first-order valence-electron chi connectivity index (χ1n) is 12.4. The van der Waals surface area contributed by atoms with Crippen molar-refractivity contribution in [2.24, 2.45) is 5.73 Å². The second kappa shape index (κ2) is 17.8. The van der Waals surface area contributed by atoms with Crippen LogP contribution in [-0.2, 0) is 9.47 Å². The first-order valence-corrected chi connectivity index (χ1v) is 12.4. The minimum Gasteiger partial charge on any atom is -0.394 e. The minimum absolute atomic E-state index is 0.118. The van der Waals surface area contributed by atoms with Crippen molar-refractivity contribution in [3.8, 4) is 0 Å². The van der Waals surface area contributed by atoms with E-state index in [-0.39, 0.29) is 6.61 Å². The Balaban J connectivity index is 2.10. The van der Waals surface area contributed by atoms with E-state index in [0.717, 1.165) is 12.8 Å². The number of hydrogen-bond donors (Lipinski definition) is 6. The molecule has 1 heterocycles. The van der Waals surface area contributed by atoms with Crippen LogP contribution in [0.25, 0.3) is 0 Å². The van der Waals surface area contributed by atoms with Gasteiger partial charge in [-0.25, -0.2) is 0 Å². The maximum atomic E-state index is 10.2. The summed E-state index contributed by atoms with van der Waals surface area (Å²) >= 11 is 0. The lowest BCUT2D eigenvalue weighted by Gasteiger charge is -2.39. The fourth-order valence-electron chi connectivity index (χ4n) is 3.81. The standard InChI is InChI=1S/C24H47NO7/c1-2-3-4-5-6-7-8-9-10-11-12-13-14-15-19(27)18(25)17-31-24-23(30)22(29)21(28)20(16-26)32-24/h14-15,18-24,26-30H,2-13,16-17,25H2,1H3/b15-14+/t18?,19?,20-,21-,22+,23-,24?/m1/s1. The molecular weight excluding hydrogens is 414 g/mol. The van der Waals surface area contributed by atoms with Crippen molar-refractivity contribution in [3.63, 3.8) is 0 Å². The summed E-state index contributed by atoms with van der Waals surface area (Å²) in [4.78, 5) is 0. The normalized spacial score (nSPS) is 28.3. The molecule has 8 heteroatoms. The van der Waals surface area contributed by atoms with Crippen molar-refractivity contribution in [3.05, 3.63) is 12.2 Å². The van der Waals surface area contributed by atoms with Crippen LogP contribution >= 0.6 is 0 Å². The molecule has 1 aliphatic rings. The zero-order chi connectivity index (χ0) is 23.8. The van der Waals surface area contributed by atoms with Gasteiger partial charge in [-0.3, -0.25) is 0 Å². The molecule has 0 spiro atoms. The topological polar surface area (TPSA) is 146 Å². The highest BCUT2D eigenvalue weighted by Crippen LogP contribution is 2.22. The van der Waals surface area contributed by atoms with Crippen LogP contribution in [0.1, 0.15) is 84.0 Å². The van der Waals surface area contributed by atoms with Gasteiger partial charge in [0.15, 0.2) is 6.29 Å². The van der Waals surface area contributed by atoms with Gasteiger partial charge in [0.25, 0.3) is 0 Å². The van der Waals surface area contributed by atoms with E-state index in [2.05, 4.69) is 6.92 Å². The number of ether oxygens (including phenoxy) is 2. The average Bonchev–Trinajstić information content (AvgIpc) is 2.79. The Labute approximate surface area is 193 Å². The highest BCUT2D eigenvalue weighted by molar-refractivity contribution is 4.94. The zero-order valence-electron chi connectivity index (χ0n) is 19.7. The Morgan fingerprint density at radius 1 is 0.875 bits per heavy atom. The van der Waals surface area contributed by atoms with E-state index in [4.69, 9.17) is 15.2 Å². The molecule has 3 unspecified atom stereocenters. The summed E-state index contributed by atoms with van der Waals surface area (Å²) in [7, 11) is 0. The molecule has 32 heavy (non-hydrogen) atoms. The number of hydrogen-bond acceptors (Lipinski definition) is 8. The molecule has 0 aliphatic carbocycles. The molecule has 0 aromatic rings. The third kappa shape index (κ3) is 11.5. The van der Waals surface area contributed by atoms with Gasteiger partial charge in [0, 0.05) is 0 Å². The summed E-state index contributed by atoms with van der Waals surface area (Å²) in [5.41, 5.74) is 5.93. The molecule has 190 valence electrons. The quantitative estimate of drug-likeness (QED) is 0.134. The number of allylic oxidation sites excluding steroid dienone is 1. The van der Waals surface area contributed by atoms with E-state index in [1.54, 1.807) is 6.08 Å². The van der Waals surface area contributed by atoms with Gasteiger partial charge in [-0.05, 0) is 12.8 Å². The summed E-state index contributed by atoms with van der Waals surface area (Å²) in [6, 6.07) is -0.740. The van der Waals surface area contributed by atoms with Crippen molar-refractivity contribution in [1.82, 2.24) is 0 Å². The molecule has 0 amide bonds. The summed E-state index contributed by atoms with van der Waals surface area (Å²) in [5.74, 6) is 0. The Kier molecular flexibility index (Phi) is 16.4. The molecule has 0 saturated carbocycles.